The van der Waals surface area contributed by atoms with Crippen LogP contribution in [0.15, 0.2) is 60.7 Å². The second kappa shape index (κ2) is 16.0. The number of hydrogen-bond donors (Lipinski definition) is 3. The molecule has 10 heteroatoms. The van der Waals surface area contributed by atoms with Crippen LogP contribution >= 0.6 is 0 Å². The van der Waals surface area contributed by atoms with Gasteiger partial charge in [-0.2, -0.15) is 0 Å². The van der Waals surface area contributed by atoms with Crippen molar-refractivity contribution in [2.75, 3.05) is 19.7 Å². The summed E-state index contributed by atoms with van der Waals surface area (Å²) in [6, 6.07) is 16.6. The molecular formula is C28H37N3O7. The number of hydrogen-bond acceptors (Lipinski definition) is 7. The van der Waals surface area contributed by atoms with Crippen molar-refractivity contribution in [3.8, 4) is 0 Å². The Labute approximate surface area is 223 Å². The first kappa shape index (κ1) is 30.3. The van der Waals surface area contributed by atoms with Crippen LogP contribution in [0, 0.1) is 5.92 Å². The van der Waals surface area contributed by atoms with Crippen LogP contribution in [0.1, 0.15) is 38.3 Å². The van der Waals surface area contributed by atoms with Gasteiger partial charge in [-0.15, -0.1) is 0 Å². The molecule has 2 atom stereocenters. The van der Waals surface area contributed by atoms with E-state index < -0.39 is 36.7 Å². The molecule has 10 nitrogen and oxygen atoms in total. The quantitative estimate of drug-likeness (QED) is 0.195. The molecule has 0 spiro atoms. The van der Waals surface area contributed by atoms with E-state index in [0.717, 1.165) is 16.0 Å². The Hall–Kier alpha value is -3.92. The number of ether oxygens (including phenoxy) is 2. The molecule has 3 N–H and O–H groups in total. The smallest absolute Gasteiger partial charge is 0.329 e. The zero-order valence-electron chi connectivity index (χ0n) is 22.1. The summed E-state index contributed by atoms with van der Waals surface area (Å²) < 4.78 is 10.5. The number of urea groups is 1. The van der Waals surface area contributed by atoms with Gasteiger partial charge in [0.1, 0.15) is 25.5 Å². The SMILES string of the molecule is CC(=O)NCCOC(=O)CC(O)N(CC(C)C)C(=O)NC(Cc1ccccc1)C(=O)OCc1ccccc1. The zero-order chi connectivity index (χ0) is 27.9. The average Bonchev–Trinajstić information content (AvgIpc) is 2.88. The van der Waals surface area contributed by atoms with Gasteiger partial charge < -0.3 is 25.2 Å². The maximum atomic E-state index is 13.3. The Kier molecular flexibility index (Phi) is 12.8. The number of nitrogens with zero attached hydrogens (tertiary/aromatic N) is 1. The highest BCUT2D eigenvalue weighted by Crippen LogP contribution is 2.11. The van der Waals surface area contributed by atoms with Gasteiger partial charge in [0, 0.05) is 19.9 Å². The summed E-state index contributed by atoms with van der Waals surface area (Å²) in [5.74, 6) is -1.65. The van der Waals surface area contributed by atoms with Crippen molar-refractivity contribution >= 4 is 23.9 Å². The summed E-state index contributed by atoms with van der Waals surface area (Å²) in [6.45, 7) is 5.31. The minimum atomic E-state index is -1.48. The first-order chi connectivity index (χ1) is 18.2. The molecule has 2 aromatic carbocycles. The summed E-state index contributed by atoms with van der Waals surface area (Å²) >= 11 is 0. The molecule has 0 aliphatic carbocycles. The fraction of sp³-hybridized carbons (Fsp3) is 0.429. The van der Waals surface area contributed by atoms with Crippen molar-refractivity contribution in [1.29, 1.82) is 0 Å². The molecule has 3 amide bonds. The van der Waals surface area contributed by atoms with Crippen LogP contribution in [-0.4, -0.2) is 65.8 Å². The molecule has 0 saturated heterocycles. The largest absolute Gasteiger partial charge is 0.464 e. The predicted octanol–water partition coefficient (Wildman–Crippen LogP) is 2.40. The normalized spacial score (nSPS) is 12.2. The number of nitrogens with one attached hydrogen (secondary N) is 2. The molecule has 0 fully saturated rings. The summed E-state index contributed by atoms with van der Waals surface area (Å²) in [7, 11) is 0. The van der Waals surface area contributed by atoms with Gasteiger partial charge >= 0.3 is 18.0 Å². The lowest BCUT2D eigenvalue weighted by Crippen LogP contribution is -2.53. The lowest BCUT2D eigenvalue weighted by Gasteiger charge is -2.31. The van der Waals surface area contributed by atoms with Gasteiger partial charge in [-0.05, 0) is 17.0 Å². The third kappa shape index (κ3) is 11.4. The van der Waals surface area contributed by atoms with E-state index in [-0.39, 0.29) is 44.5 Å². The third-order valence-corrected chi connectivity index (χ3v) is 5.36. The first-order valence-corrected chi connectivity index (χ1v) is 12.6. The highest BCUT2D eigenvalue weighted by molar-refractivity contribution is 5.84. The Balaban J connectivity index is 2.08. The molecule has 2 rings (SSSR count). The van der Waals surface area contributed by atoms with E-state index in [2.05, 4.69) is 10.6 Å². The van der Waals surface area contributed by atoms with Crippen LogP contribution < -0.4 is 10.6 Å². The van der Waals surface area contributed by atoms with E-state index in [0.29, 0.717) is 0 Å². The van der Waals surface area contributed by atoms with Crippen molar-refractivity contribution in [1.82, 2.24) is 15.5 Å². The number of amides is 3. The molecule has 0 aliphatic heterocycles. The fourth-order valence-corrected chi connectivity index (χ4v) is 3.55. The Bertz CT molecular complexity index is 1030. The molecule has 0 heterocycles. The van der Waals surface area contributed by atoms with Gasteiger partial charge in [-0.1, -0.05) is 74.5 Å². The zero-order valence-corrected chi connectivity index (χ0v) is 22.1. The van der Waals surface area contributed by atoms with E-state index >= 15 is 0 Å². The summed E-state index contributed by atoms with van der Waals surface area (Å²) in [4.78, 5) is 50.5. The Morgan fingerprint density at radius 1 is 0.921 bits per heavy atom. The first-order valence-electron chi connectivity index (χ1n) is 12.6. The van der Waals surface area contributed by atoms with Crippen molar-refractivity contribution < 1.29 is 33.8 Å². The summed E-state index contributed by atoms with van der Waals surface area (Å²) in [5, 5.41) is 15.9. The molecular weight excluding hydrogens is 490 g/mol. The van der Waals surface area contributed by atoms with Gasteiger partial charge in [0.25, 0.3) is 0 Å². The van der Waals surface area contributed by atoms with Crippen molar-refractivity contribution in [2.24, 2.45) is 5.92 Å². The molecule has 0 saturated carbocycles. The van der Waals surface area contributed by atoms with Crippen LogP contribution in [0.3, 0.4) is 0 Å². The Morgan fingerprint density at radius 2 is 1.53 bits per heavy atom. The molecule has 0 aromatic heterocycles. The van der Waals surface area contributed by atoms with Gasteiger partial charge in [-0.25, -0.2) is 9.59 Å². The number of aliphatic hydroxyl groups excluding tert-OH is 1. The second-order valence-corrected chi connectivity index (χ2v) is 9.22. The average molecular weight is 528 g/mol. The van der Waals surface area contributed by atoms with Crippen LogP contribution in [0.25, 0.3) is 0 Å². The van der Waals surface area contributed by atoms with E-state index in [9.17, 15) is 24.3 Å². The lowest BCUT2D eigenvalue weighted by atomic mass is 10.1. The lowest BCUT2D eigenvalue weighted by molar-refractivity contribution is -0.149. The van der Waals surface area contributed by atoms with Crippen LogP contribution in [0.4, 0.5) is 4.79 Å². The second-order valence-electron chi connectivity index (χ2n) is 9.22. The highest BCUT2D eigenvalue weighted by atomic mass is 16.5. The molecule has 206 valence electrons. The van der Waals surface area contributed by atoms with E-state index in [1.807, 2.05) is 74.5 Å². The molecule has 0 bridgehead atoms. The maximum absolute atomic E-state index is 13.3. The minimum absolute atomic E-state index is 0.0382. The number of carbonyl (C=O) groups excluding carboxylic acids is 4. The Morgan fingerprint density at radius 3 is 2.11 bits per heavy atom. The number of benzene rings is 2. The van der Waals surface area contributed by atoms with Gasteiger partial charge in [-0.3, -0.25) is 14.5 Å². The number of esters is 2. The van der Waals surface area contributed by atoms with Gasteiger partial charge in [0.15, 0.2) is 0 Å². The number of carbonyl (C=O) groups is 4. The molecule has 2 aromatic rings. The monoisotopic (exact) mass is 527 g/mol. The highest BCUT2D eigenvalue weighted by Gasteiger charge is 2.30. The van der Waals surface area contributed by atoms with E-state index in [4.69, 9.17) is 9.47 Å². The number of rotatable bonds is 14. The summed E-state index contributed by atoms with van der Waals surface area (Å²) in [6.07, 6.45) is -1.78. The van der Waals surface area contributed by atoms with Crippen LogP contribution in [0.5, 0.6) is 0 Å². The van der Waals surface area contributed by atoms with Crippen LogP contribution in [-0.2, 0) is 36.9 Å². The number of aliphatic hydroxyl groups is 1. The van der Waals surface area contributed by atoms with Crippen molar-refractivity contribution in [2.45, 2.75) is 52.5 Å². The van der Waals surface area contributed by atoms with E-state index in [1.165, 1.54) is 6.92 Å². The third-order valence-electron chi connectivity index (χ3n) is 5.36. The topological polar surface area (TPSA) is 134 Å². The molecule has 38 heavy (non-hydrogen) atoms. The summed E-state index contributed by atoms with van der Waals surface area (Å²) in [5.41, 5.74) is 1.62. The maximum Gasteiger partial charge on any atom is 0.329 e. The van der Waals surface area contributed by atoms with Gasteiger partial charge in [0.2, 0.25) is 5.91 Å². The molecule has 0 aliphatic rings. The predicted molar refractivity (Wildman–Crippen MR) is 141 cm³/mol. The fourth-order valence-electron chi connectivity index (χ4n) is 3.55. The molecule has 2 unspecified atom stereocenters. The van der Waals surface area contributed by atoms with E-state index in [1.54, 1.807) is 0 Å². The van der Waals surface area contributed by atoms with Gasteiger partial charge in [0.05, 0.1) is 13.0 Å². The van der Waals surface area contributed by atoms with Crippen LogP contribution in [0.2, 0.25) is 0 Å². The standard InChI is InChI=1S/C28H37N3O7/c1-20(2)18-31(25(33)17-26(34)37-15-14-29-21(3)32)28(36)30-24(16-22-10-6-4-7-11-22)27(35)38-19-23-12-8-5-9-13-23/h4-13,20,24-25,33H,14-19H2,1-3H3,(H,29,32)(H,30,36). The van der Waals surface area contributed by atoms with Crippen molar-refractivity contribution in [3.63, 3.8) is 0 Å². The molecule has 0 radical (unpaired) electrons. The van der Waals surface area contributed by atoms with Crippen molar-refractivity contribution in [3.05, 3.63) is 71.8 Å². The minimum Gasteiger partial charge on any atom is -0.464 e.